The minimum Gasteiger partial charge on any atom is -0.382 e. The lowest BCUT2D eigenvalue weighted by atomic mass is 9.80. The van der Waals surface area contributed by atoms with Crippen molar-refractivity contribution < 1.29 is 9.47 Å². The van der Waals surface area contributed by atoms with Crippen LogP contribution in [0.5, 0.6) is 0 Å². The van der Waals surface area contributed by atoms with Crippen LogP contribution in [0.25, 0.3) is 0 Å². The Morgan fingerprint density at radius 2 is 1.89 bits per heavy atom. The fraction of sp³-hybridized carbons (Fsp3) is 1.00. The molecule has 0 aromatic carbocycles. The van der Waals surface area contributed by atoms with Crippen molar-refractivity contribution in [3.63, 3.8) is 0 Å². The van der Waals surface area contributed by atoms with E-state index < -0.39 is 0 Å². The first kappa shape index (κ1) is 15.3. The molecule has 2 rings (SSSR count). The third kappa shape index (κ3) is 5.05. The quantitative estimate of drug-likeness (QED) is 0.692. The average Bonchev–Trinajstić information content (AvgIpc) is 2.42. The van der Waals surface area contributed by atoms with Crippen molar-refractivity contribution in [3.8, 4) is 0 Å². The lowest BCUT2D eigenvalue weighted by molar-refractivity contribution is -0.0261. The van der Waals surface area contributed by atoms with Crippen LogP contribution in [0.3, 0.4) is 0 Å². The topological polar surface area (TPSA) is 21.7 Å². The number of hydrogen-bond acceptors (Lipinski definition) is 3. The van der Waals surface area contributed by atoms with Crippen molar-refractivity contribution in [1.82, 2.24) is 4.90 Å². The van der Waals surface area contributed by atoms with Crippen LogP contribution in [0.4, 0.5) is 0 Å². The van der Waals surface area contributed by atoms with Gasteiger partial charge in [-0.05, 0) is 37.6 Å². The summed E-state index contributed by atoms with van der Waals surface area (Å²) in [5.41, 5.74) is 0. The molecule has 1 heterocycles. The molecule has 112 valence electrons. The summed E-state index contributed by atoms with van der Waals surface area (Å²) in [6, 6.07) is 0. The molecule has 0 amide bonds. The Hall–Kier alpha value is -0.120. The zero-order valence-corrected chi connectivity index (χ0v) is 12.8. The Morgan fingerprint density at radius 1 is 1.05 bits per heavy atom. The Labute approximate surface area is 118 Å². The molecule has 1 saturated heterocycles. The highest BCUT2D eigenvalue weighted by molar-refractivity contribution is 4.79. The summed E-state index contributed by atoms with van der Waals surface area (Å²) in [5, 5.41) is 0. The number of rotatable bonds is 6. The van der Waals surface area contributed by atoms with Crippen LogP contribution in [0.2, 0.25) is 0 Å². The number of methoxy groups -OCH3 is 1. The fourth-order valence-corrected chi connectivity index (χ4v) is 3.61. The van der Waals surface area contributed by atoms with Crippen molar-refractivity contribution in [2.24, 2.45) is 11.8 Å². The van der Waals surface area contributed by atoms with Gasteiger partial charge in [0.05, 0.1) is 19.3 Å². The van der Waals surface area contributed by atoms with Gasteiger partial charge in [0, 0.05) is 20.2 Å². The molecule has 3 nitrogen and oxygen atoms in total. The molecule has 19 heavy (non-hydrogen) atoms. The van der Waals surface area contributed by atoms with Crippen molar-refractivity contribution in [3.05, 3.63) is 0 Å². The first-order chi connectivity index (χ1) is 9.29. The monoisotopic (exact) mass is 269 g/mol. The van der Waals surface area contributed by atoms with Gasteiger partial charge in [0.25, 0.3) is 0 Å². The summed E-state index contributed by atoms with van der Waals surface area (Å²) in [6.07, 6.45) is 8.71. The predicted octanol–water partition coefficient (Wildman–Crippen LogP) is 2.94. The van der Waals surface area contributed by atoms with E-state index in [-0.39, 0.29) is 0 Å². The van der Waals surface area contributed by atoms with E-state index in [9.17, 15) is 0 Å². The Kier molecular flexibility index (Phi) is 6.62. The first-order valence-electron chi connectivity index (χ1n) is 8.12. The van der Waals surface area contributed by atoms with Crippen LogP contribution in [0.1, 0.15) is 45.4 Å². The van der Waals surface area contributed by atoms with Crippen LogP contribution in [0.15, 0.2) is 0 Å². The Bertz CT molecular complexity index is 247. The smallest absolute Gasteiger partial charge is 0.0704 e. The molecule has 2 fully saturated rings. The van der Waals surface area contributed by atoms with E-state index in [4.69, 9.17) is 9.47 Å². The summed E-state index contributed by atoms with van der Waals surface area (Å²) >= 11 is 0. The highest BCUT2D eigenvalue weighted by atomic mass is 16.5. The summed E-state index contributed by atoms with van der Waals surface area (Å²) in [7, 11) is 1.74. The highest BCUT2D eigenvalue weighted by Gasteiger charge is 2.26. The molecule has 1 aliphatic carbocycles. The van der Waals surface area contributed by atoms with E-state index in [0.717, 1.165) is 31.6 Å². The second kappa shape index (κ2) is 8.23. The van der Waals surface area contributed by atoms with Crippen LogP contribution >= 0.6 is 0 Å². The summed E-state index contributed by atoms with van der Waals surface area (Å²) in [6.45, 7) is 7.61. The number of nitrogens with zero attached hydrogens (tertiary/aromatic N) is 1. The van der Waals surface area contributed by atoms with Gasteiger partial charge >= 0.3 is 0 Å². The van der Waals surface area contributed by atoms with E-state index in [1.807, 2.05) is 0 Å². The second-order valence-electron chi connectivity index (χ2n) is 6.41. The normalized spacial score (nSPS) is 33.5. The van der Waals surface area contributed by atoms with Gasteiger partial charge in [0.1, 0.15) is 0 Å². The SMILES string of the molecule is COCCO[C@@H]1CCCN(CC2CCCCC2C)C1. The molecule has 3 heteroatoms. The third-order valence-corrected chi connectivity index (χ3v) is 4.89. The Morgan fingerprint density at radius 3 is 2.68 bits per heavy atom. The molecule has 1 aliphatic heterocycles. The molecular formula is C16H31NO2. The van der Waals surface area contributed by atoms with E-state index in [1.165, 1.54) is 51.6 Å². The number of ether oxygens (including phenoxy) is 2. The zero-order valence-electron chi connectivity index (χ0n) is 12.8. The first-order valence-corrected chi connectivity index (χ1v) is 8.12. The molecule has 0 aromatic rings. The average molecular weight is 269 g/mol. The number of likely N-dealkylation sites (tertiary alicyclic amines) is 1. The van der Waals surface area contributed by atoms with Gasteiger partial charge in [-0.3, -0.25) is 0 Å². The van der Waals surface area contributed by atoms with Crippen LogP contribution in [-0.4, -0.2) is 51.0 Å². The summed E-state index contributed by atoms with van der Waals surface area (Å²) in [5.74, 6) is 1.84. The Balaban J connectivity index is 1.70. The summed E-state index contributed by atoms with van der Waals surface area (Å²) in [4.78, 5) is 2.65. The zero-order chi connectivity index (χ0) is 13.5. The molecule has 2 unspecified atom stereocenters. The van der Waals surface area contributed by atoms with Gasteiger partial charge in [-0.2, -0.15) is 0 Å². The van der Waals surface area contributed by atoms with Gasteiger partial charge in [-0.25, -0.2) is 0 Å². The molecule has 0 N–H and O–H groups in total. The third-order valence-electron chi connectivity index (χ3n) is 4.89. The maximum absolute atomic E-state index is 5.90. The lowest BCUT2D eigenvalue weighted by Gasteiger charge is -2.38. The number of piperidine rings is 1. The minimum atomic E-state index is 0.433. The maximum atomic E-state index is 5.90. The molecule has 0 aromatic heterocycles. The van der Waals surface area contributed by atoms with Gasteiger partial charge in [0.2, 0.25) is 0 Å². The van der Waals surface area contributed by atoms with Crippen molar-refractivity contribution in [2.45, 2.75) is 51.6 Å². The van der Waals surface area contributed by atoms with Crippen LogP contribution < -0.4 is 0 Å². The van der Waals surface area contributed by atoms with Gasteiger partial charge in [0.15, 0.2) is 0 Å². The van der Waals surface area contributed by atoms with E-state index >= 15 is 0 Å². The van der Waals surface area contributed by atoms with E-state index in [2.05, 4.69) is 11.8 Å². The number of hydrogen-bond donors (Lipinski definition) is 0. The minimum absolute atomic E-state index is 0.433. The molecule has 1 saturated carbocycles. The molecule has 0 radical (unpaired) electrons. The van der Waals surface area contributed by atoms with Crippen LogP contribution in [-0.2, 0) is 9.47 Å². The molecule has 0 bridgehead atoms. The standard InChI is InChI=1S/C16H31NO2/c1-14-6-3-4-7-15(14)12-17-9-5-8-16(13-17)19-11-10-18-2/h14-16H,3-13H2,1-2H3/t14?,15?,16-/m1/s1. The van der Waals surface area contributed by atoms with Crippen molar-refractivity contribution in [1.29, 1.82) is 0 Å². The predicted molar refractivity (Wildman–Crippen MR) is 78.4 cm³/mol. The largest absolute Gasteiger partial charge is 0.382 e. The highest BCUT2D eigenvalue weighted by Crippen LogP contribution is 2.30. The molecule has 0 spiro atoms. The summed E-state index contributed by atoms with van der Waals surface area (Å²) < 4.78 is 11.0. The maximum Gasteiger partial charge on any atom is 0.0704 e. The second-order valence-corrected chi connectivity index (χ2v) is 6.41. The molecule has 3 atom stereocenters. The van der Waals surface area contributed by atoms with Crippen molar-refractivity contribution in [2.75, 3.05) is 40.0 Å². The molecule has 2 aliphatic rings. The van der Waals surface area contributed by atoms with Gasteiger partial charge in [-0.15, -0.1) is 0 Å². The van der Waals surface area contributed by atoms with Gasteiger partial charge in [-0.1, -0.05) is 26.2 Å². The van der Waals surface area contributed by atoms with E-state index in [0.29, 0.717) is 6.10 Å². The van der Waals surface area contributed by atoms with Crippen molar-refractivity contribution >= 4 is 0 Å². The fourth-order valence-electron chi connectivity index (χ4n) is 3.61. The molecular weight excluding hydrogens is 238 g/mol. The van der Waals surface area contributed by atoms with Gasteiger partial charge < -0.3 is 14.4 Å². The van der Waals surface area contributed by atoms with E-state index in [1.54, 1.807) is 7.11 Å². The lowest BCUT2D eigenvalue weighted by Crippen LogP contribution is -2.43. The van der Waals surface area contributed by atoms with Crippen LogP contribution in [0, 0.1) is 11.8 Å².